The maximum Gasteiger partial charge on any atom is 0.259 e. The molecule has 0 radical (unpaired) electrons. The normalized spacial score (nSPS) is 14.1. The van der Waals surface area contributed by atoms with Crippen LogP contribution in [0, 0.1) is 13.8 Å². The second kappa shape index (κ2) is 8.28. The first-order valence-electron chi connectivity index (χ1n) is 10.5. The minimum absolute atomic E-state index is 0.139. The van der Waals surface area contributed by atoms with Crippen LogP contribution in [0.4, 0.5) is 0 Å². The lowest BCUT2D eigenvalue weighted by Crippen LogP contribution is -2.50. The number of amides is 2. The number of hydrogen-bond acceptors (Lipinski definition) is 7. The van der Waals surface area contributed by atoms with Gasteiger partial charge in [0.05, 0.1) is 32.8 Å². The van der Waals surface area contributed by atoms with Gasteiger partial charge in [-0.15, -0.1) is 11.3 Å². The SMILES string of the molecule is Cc1ccc(-c2cc(C(=O)N3CCN(C(=O)c4ccc(=O)[nH]c4)CC3)c3c(C)noc3n2)s1. The molecule has 9 nitrogen and oxygen atoms in total. The molecular weight excluding hydrogens is 442 g/mol. The number of piperazine rings is 1. The molecule has 5 rings (SSSR count). The highest BCUT2D eigenvalue weighted by Crippen LogP contribution is 2.31. The van der Waals surface area contributed by atoms with Crippen molar-refractivity contribution in [3.63, 3.8) is 0 Å². The molecule has 0 aromatic carbocycles. The van der Waals surface area contributed by atoms with Gasteiger partial charge in [-0.3, -0.25) is 14.4 Å². The maximum absolute atomic E-state index is 13.5. The van der Waals surface area contributed by atoms with E-state index in [0.29, 0.717) is 59.8 Å². The second-order valence-corrected chi connectivity index (χ2v) is 9.23. The lowest BCUT2D eigenvalue weighted by Gasteiger charge is -2.35. The number of pyridine rings is 2. The Hall–Kier alpha value is -3.79. The lowest BCUT2D eigenvalue weighted by atomic mass is 10.1. The molecule has 0 unspecified atom stereocenters. The van der Waals surface area contributed by atoms with Crippen molar-refractivity contribution in [3.05, 3.63) is 68.6 Å². The zero-order chi connectivity index (χ0) is 23.1. The van der Waals surface area contributed by atoms with Crippen LogP contribution >= 0.6 is 11.3 Å². The van der Waals surface area contributed by atoms with E-state index in [9.17, 15) is 14.4 Å². The minimum atomic E-state index is -0.258. The van der Waals surface area contributed by atoms with Crippen molar-refractivity contribution in [3.8, 4) is 10.6 Å². The molecule has 0 saturated carbocycles. The number of nitrogens with one attached hydrogen (secondary N) is 1. The van der Waals surface area contributed by atoms with Gasteiger partial charge in [0, 0.05) is 43.3 Å². The first-order valence-corrected chi connectivity index (χ1v) is 11.3. The summed E-state index contributed by atoms with van der Waals surface area (Å²) in [5, 5.41) is 4.63. The molecule has 1 fully saturated rings. The molecule has 0 atom stereocenters. The number of thiophene rings is 1. The van der Waals surface area contributed by atoms with Crippen molar-refractivity contribution < 1.29 is 14.1 Å². The van der Waals surface area contributed by atoms with Crippen LogP contribution in [-0.4, -0.2) is 62.9 Å². The Labute approximate surface area is 192 Å². The first-order chi connectivity index (χ1) is 15.9. The topological polar surface area (TPSA) is 112 Å². The van der Waals surface area contributed by atoms with Gasteiger partial charge in [0.1, 0.15) is 0 Å². The lowest BCUT2D eigenvalue weighted by molar-refractivity contribution is 0.0536. The Bertz CT molecular complexity index is 1410. The van der Waals surface area contributed by atoms with Crippen molar-refractivity contribution in [2.24, 2.45) is 0 Å². The van der Waals surface area contributed by atoms with E-state index in [1.165, 1.54) is 18.3 Å². The summed E-state index contributed by atoms with van der Waals surface area (Å²) in [6.45, 7) is 5.41. The quantitative estimate of drug-likeness (QED) is 0.500. The van der Waals surface area contributed by atoms with Crippen LogP contribution in [0.2, 0.25) is 0 Å². The first kappa shape index (κ1) is 21.1. The summed E-state index contributed by atoms with van der Waals surface area (Å²) < 4.78 is 5.40. The number of aromatic amines is 1. The molecule has 4 aromatic heterocycles. The molecule has 10 heteroatoms. The third kappa shape index (κ3) is 3.93. The number of nitrogens with zero attached hydrogens (tertiary/aromatic N) is 4. The molecule has 0 spiro atoms. The molecule has 1 saturated heterocycles. The highest BCUT2D eigenvalue weighted by Gasteiger charge is 2.28. The van der Waals surface area contributed by atoms with Gasteiger partial charge >= 0.3 is 0 Å². The van der Waals surface area contributed by atoms with Crippen molar-refractivity contribution >= 4 is 34.3 Å². The molecule has 4 aromatic rings. The van der Waals surface area contributed by atoms with Gasteiger partial charge in [-0.25, -0.2) is 4.98 Å². The Kier molecular flexibility index (Phi) is 5.29. The summed E-state index contributed by atoms with van der Waals surface area (Å²) in [6, 6.07) is 8.63. The number of rotatable bonds is 3. The Morgan fingerprint density at radius 3 is 2.39 bits per heavy atom. The van der Waals surface area contributed by atoms with Gasteiger partial charge in [0.25, 0.3) is 17.5 Å². The number of hydrogen-bond donors (Lipinski definition) is 1. The number of aryl methyl sites for hydroxylation is 2. The number of fused-ring (bicyclic) bond motifs is 1. The molecule has 168 valence electrons. The average molecular weight is 464 g/mol. The van der Waals surface area contributed by atoms with E-state index in [-0.39, 0.29) is 17.4 Å². The number of aromatic nitrogens is 3. The van der Waals surface area contributed by atoms with Gasteiger partial charge in [-0.05, 0) is 38.1 Å². The molecule has 0 bridgehead atoms. The van der Waals surface area contributed by atoms with Crippen LogP contribution in [0.5, 0.6) is 0 Å². The van der Waals surface area contributed by atoms with Gasteiger partial charge in [0.2, 0.25) is 5.56 Å². The van der Waals surface area contributed by atoms with Crippen LogP contribution in [0.15, 0.2) is 45.8 Å². The Morgan fingerprint density at radius 1 is 1.03 bits per heavy atom. The summed E-state index contributed by atoms with van der Waals surface area (Å²) >= 11 is 1.60. The monoisotopic (exact) mass is 463 g/mol. The summed E-state index contributed by atoms with van der Waals surface area (Å²) in [5.74, 6) is -0.311. The van der Waals surface area contributed by atoms with E-state index in [4.69, 9.17) is 4.52 Å². The number of carbonyl (C=O) groups is 2. The standard InChI is InChI=1S/C23H21N5O4S/c1-13-3-5-18(33-13)17-11-16(20-14(2)26-32-21(20)25-17)23(31)28-9-7-27(8-10-28)22(30)15-4-6-19(29)24-12-15/h3-6,11-12H,7-10H2,1-2H3,(H,24,29). The zero-order valence-corrected chi connectivity index (χ0v) is 18.9. The fourth-order valence-corrected chi connectivity index (χ4v) is 4.80. The van der Waals surface area contributed by atoms with E-state index < -0.39 is 0 Å². The molecular formula is C23H21N5O4S. The smallest absolute Gasteiger partial charge is 0.259 e. The predicted octanol–water partition coefficient (Wildman–Crippen LogP) is 2.85. The fraction of sp³-hybridized carbons (Fsp3) is 0.261. The second-order valence-electron chi connectivity index (χ2n) is 7.94. The Morgan fingerprint density at radius 2 is 1.76 bits per heavy atom. The summed E-state index contributed by atoms with van der Waals surface area (Å²) in [7, 11) is 0. The third-order valence-corrected chi connectivity index (χ3v) is 6.75. The summed E-state index contributed by atoms with van der Waals surface area (Å²) in [5.41, 5.74) is 2.29. The van der Waals surface area contributed by atoms with Gasteiger partial charge in [-0.1, -0.05) is 5.16 Å². The largest absolute Gasteiger partial charge is 0.335 e. The summed E-state index contributed by atoms with van der Waals surface area (Å²) in [6.07, 6.45) is 1.42. The van der Waals surface area contributed by atoms with E-state index in [2.05, 4.69) is 15.1 Å². The fourth-order valence-electron chi connectivity index (χ4n) is 3.97. The molecule has 1 aliphatic heterocycles. The van der Waals surface area contributed by atoms with E-state index in [0.717, 1.165) is 9.75 Å². The molecule has 1 aliphatic rings. The van der Waals surface area contributed by atoms with E-state index >= 15 is 0 Å². The average Bonchev–Trinajstić information content (AvgIpc) is 3.44. The number of carbonyl (C=O) groups excluding carboxylic acids is 2. The van der Waals surface area contributed by atoms with E-state index in [1.54, 1.807) is 34.1 Å². The van der Waals surface area contributed by atoms with Crippen molar-refractivity contribution in [2.75, 3.05) is 26.2 Å². The van der Waals surface area contributed by atoms with Gasteiger partial charge < -0.3 is 19.3 Å². The maximum atomic E-state index is 13.5. The van der Waals surface area contributed by atoms with Crippen molar-refractivity contribution in [1.82, 2.24) is 24.9 Å². The molecule has 5 heterocycles. The van der Waals surface area contributed by atoms with Crippen LogP contribution < -0.4 is 5.56 Å². The van der Waals surface area contributed by atoms with Crippen LogP contribution in [-0.2, 0) is 0 Å². The predicted molar refractivity (Wildman–Crippen MR) is 123 cm³/mol. The summed E-state index contributed by atoms with van der Waals surface area (Å²) in [4.78, 5) is 50.1. The highest BCUT2D eigenvalue weighted by atomic mass is 32.1. The van der Waals surface area contributed by atoms with Crippen LogP contribution in [0.25, 0.3) is 21.7 Å². The van der Waals surface area contributed by atoms with E-state index in [1.807, 2.05) is 19.1 Å². The zero-order valence-electron chi connectivity index (χ0n) is 18.1. The molecule has 2 amide bonds. The van der Waals surface area contributed by atoms with Gasteiger partial charge in [-0.2, -0.15) is 0 Å². The highest BCUT2D eigenvalue weighted by molar-refractivity contribution is 7.15. The third-order valence-electron chi connectivity index (χ3n) is 5.73. The van der Waals surface area contributed by atoms with Crippen molar-refractivity contribution in [1.29, 1.82) is 0 Å². The van der Waals surface area contributed by atoms with Crippen molar-refractivity contribution in [2.45, 2.75) is 13.8 Å². The van der Waals surface area contributed by atoms with Crippen LogP contribution in [0.1, 0.15) is 31.3 Å². The van der Waals surface area contributed by atoms with Gasteiger partial charge in [0.15, 0.2) is 0 Å². The minimum Gasteiger partial charge on any atom is -0.335 e. The molecule has 1 N–H and O–H groups in total. The Balaban J connectivity index is 1.39. The number of H-pyrrole nitrogens is 1. The molecule has 33 heavy (non-hydrogen) atoms. The molecule has 0 aliphatic carbocycles. The van der Waals surface area contributed by atoms with Crippen LogP contribution in [0.3, 0.4) is 0 Å².